The number of benzene rings is 1. The lowest BCUT2D eigenvalue weighted by Gasteiger charge is -2.06. The van der Waals surface area contributed by atoms with E-state index < -0.39 is 0 Å². The average Bonchev–Trinajstić information content (AvgIpc) is 2.86. The highest BCUT2D eigenvalue weighted by Crippen LogP contribution is 2.19. The van der Waals surface area contributed by atoms with Gasteiger partial charge in [0, 0.05) is 17.3 Å². The van der Waals surface area contributed by atoms with Crippen LogP contribution in [0.2, 0.25) is 0 Å². The lowest BCUT2D eigenvalue weighted by atomic mass is 10.1. The first-order chi connectivity index (χ1) is 8.38. The van der Waals surface area contributed by atoms with E-state index >= 15 is 0 Å². The van der Waals surface area contributed by atoms with Crippen molar-refractivity contribution in [2.45, 2.75) is 13.3 Å². The Hall–Kier alpha value is -2.16. The summed E-state index contributed by atoms with van der Waals surface area (Å²) < 4.78 is 1.90. The second kappa shape index (κ2) is 4.01. The molecule has 0 aliphatic carbocycles. The second-order valence-electron chi connectivity index (χ2n) is 3.95. The lowest BCUT2D eigenvalue weighted by Crippen LogP contribution is -2.00. The highest BCUT2D eigenvalue weighted by Gasteiger charge is 2.06. The smallest absolute Gasteiger partial charge is 0.155 e. The monoisotopic (exact) mass is 223 g/mol. The number of fused-ring (bicyclic) bond motifs is 1. The third-order valence-electron chi connectivity index (χ3n) is 2.86. The fraction of sp³-hybridized carbons (Fsp3) is 0.143. The number of rotatable bonds is 2. The van der Waals surface area contributed by atoms with Crippen molar-refractivity contribution in [1.29, 1.82) is 0 Å². The number of aryl methyl sites for hydroxylation is 1. The van der Waals surface area contributed by atoms with Gasteiger partial charge in [0.25, 0.3) is 0 Å². The number of hydrogen-bond donors (Lipinski definition) is 0. The molecule has 0 aliphatic rings. The van der Waals surface area contributed by atoms with Crippen LogP contribution in [0.1, 0.15) is 12.6 Å². The molecule has 0 atom stereocenters. The van der Waals surface area contributed by atoms with Gasteiger partial charge in [-0.2, -0.15) is 5.10 Å². The molecule has 0 bridgehead atoms. The molecule has 1 aromatic carbocycles. The zero-order chi connectivity index (χ0) is 11.7. The van der Waals surface area contributed by atoms with E-state index in [1.807, 2.05) is 28.8 Å². The highest BCUT2D eigenvalue weighted by atomic mass is 15.2. The number of nitrogens with zero attached hydrogens (tertiary/aromatic N) is 3. The van der Waals surface area contributed by atoms with Gasteiger partial charge in [0.15, 0.2) is 5.65 Å². The van der Waals surface area contributed by atoms with Crippen LogP contribution in [0.5, 0.6) is 0 Å². The van der Waals surface area contributed by atoms with Crippen LogP contribution in [0.3, 0.4) is 0 Å². The minimum absolute atomic E-state index is 0.906. The largest absolute Gasteiger partial charge is 0.229 e. The third kappa shape index (κ3) is 1.69. The van der Waals surface area contributed by atoms with Crippen LogP contribution >= 0.6 is 0 Å². The fourth-order valence-corrected chi connectivity index (χ4v) is 1.99. The highest BCUT2D eigenvalue weighted by molar-refractivity contribution is 5.62. The molecule has 0 radical (unpaired) electrons. The van der Waals surface area contributed by atoms with Crippen LogP contribution in [0.25, 0.3) is 16.9 Å². The van der Waals surface area contributed by atoms with Crippen molar-refractivity contribution in [1.82, 2.24) is 14.6 Å². The summed E-state index contributed by atoms with van der Waals surface area (Å²) in [4.78, 5) is 4.61. The van der Waals surface area contributed by atoms with E-state index in [0.29, 0.717) is 0 Å². The molecule has 0 amide bonds. The van der Waals surface area contributed by atoms with Crippen LogP contribution in [-0.4, -0.2) is 14.6 Å². The van der Waals surface area contributed by atoms with Gasteiger partial charge in [-0.1, -0.05) is 37.3 Å². The van der Waals surface area contributed by atoms with Gasteiger partial charge in [0.05, 0.1) is 11.9 Å². The quantitative estimate of drug-likeness (QED) is 0.668. The maximum absolute atomic E-state index is 4.61. The van der Waals surface area contributed by atoms with E-state index in [0.717, 1.165) is 23.3 Å². The van der Waals surface area contributed by atoms with Crippen LogP contribution in [0.4, 0.5) is 0 Å². The minimum Gasteiger partial charge on any atom is -0.229 e. The standard InChI is InChI=1S/C14H13N3/c1-2-12-10-13(11-6-4-3-5-7-11)16-14-8-9-15-17(12)14/h3-10H,2H2,1H3. The van der Waals surface area contributed by atoms with Crippen LogP contribution in [0.15, 0.2) is 48.7 Å². The first kappa shape index (κ1) is 10.0. The molecule has 0 saturated carbocycles. The first-order valence-corrected chi connectivity index (χ1v) is 5.77. The number of hydrogen-bond acceptors (Lipinski definition) is 2. The zero-order valence-electron chi connectivity index (χ0n) is 9.67. The summed E-state index contributed by atoms with van der Waals surface area (Å²) in [5.74, 6) is 0. The van der Waals surface area contributed by atoms with Crippen molar-refractivity contribution in [2.24, 2.45) is 0 Å². The molecule has 2 heterocycles. The van der Waals surface area contributed by atoms with Crippen LogP contribution in [-0.2, 0) is 6.42 Å². The van der Waals surface area contributed by atoms with Gasteiger partial charge >= 0.3 is 0 Å². The summed E-state index contributed by atoms with van der Waals surface area (Å²) in [7, 11) is 0. The summed E-state index contributed by atoms with van der Waals surface area (Å²) in [6, 6.07) is 14.3. The van der Waals surface area contributed by atoms with Crippen LogP contribution < -0.4 is 0 Å². The topological polar surface area (TPSA) is 30.2 Å². The molecule has 0 saturated heterocycles. The summed E-state index contributed by atoms with van der Waals surface area (Å²) in [6.45, 7) is 2.13. The van der Waals surface area contributed by atoms with Crippen molar-refractivity contribution >= 4 is 5.65 Å². The van der Waals surface area contributed by atoms with Gasteiger partial charge < -0.3 is 0 Å². The molecule has 0 spiro atoms. The lowest BCUT2D eigenvalue weighted by molar-refractivity contribution is 0.851. The third-order valence-corrected chi connectivity index (χ3v) is 2.86. The molecule has 0 aliphatic heterocycles. The Morgan fingerprint density at radius 3 is 2.71 bits per heavy atom. The second-order valence-corrected chi connectivity index (χ2v) is 3.95. The Bertz CT molecular complexity index is 641. The summed E-state index contributed by atoms with van der Waals surface area (Å²) in [5, 5.41) is 4.28. The van der Waals surface area contributed by atoms with Gasteiger partial charge in [-0.15, -0.1) is 0 Å². The predicted octanol–water partition coefficient (Wildman–Crippen LogP) is 2.96. The molecule has 2 aromatic heterocycles. The van der Waals surface area contributed by atoms with Crippen LogP contribution in [0, 0.1) is 0 Å². The predicted molar refractivity (Wildman–Crippen MR) is 67.8 cm³/mol. The Morgan fingerprint density at radius 2 is 1.94 bits per heavy atom. The van der Waals surface area contributed by atoms with E-state index in [2.05, 4.69) is 35.2 Å². The molecule has 17 heavy (non-hydrogen) atoms. The Morgan fingerprint density at radius 1 is 1.12 bits per heavy atom. The SMILES string of the molecule is CCc1cc(-c2ccccc2)nc2ccnn12. The maximum Gasteiger partial charge on any atom is 0.155 e. The normalized spacial score (nSPS) is 10.9. The van der Waals surface area contributed by atoms with Crippen molar-refractivity contribution < 1.29 is 0 Å². The molecule has 3 rings (SSSR count). The van der Waals surface area contributed by atoms with Crippen molar-refractivity contribution in [3.05, 3.63) is 54.4 Å². The van der Waals surface area contributed by atoms with E-state index in [9.17, 15) is 0 Å². The van der Waals surface area contributed by atoms with Gasteiger partial charge in [0.1, 0.15) is 0 Å². The molecule has 84 valence electrons. The first-order valence-electron chi connectivity index (χ1n) is 5.77. The maximum atomic E-state index is 4.61. The Kier molecular flexibility index (Phi) is 2.37. The zero-order valence-corrected chi connectivity index (χ0v) is 9.67. The van der Waals surface area contributed by atoms with Crippen molar-refractivity contribution in [3.63, 3.8) is 0 Å². The van der Waals surface area contributed by atoms with E-state index in [1.54, 1.807) is 6.20 Å². The summed E-state index contributed by atoms with van der Waals surface area (Å²) >= 11 is 0. The molecule has 3 aromatic rings. The number of aromatic nitrogens is 3. The van der Waals surface area contributed by atoms with Gasteiger partial charge in [-0.05, 0) is 12.5 Å². The Labute approximate surface area is 99.7 Å². The minimum atomic E-state index is 0.906. The molecular formula is C14H13N3. The average molecular weight is 223 g/mol. The van der Waals surface area contributed by atoms with Gasteiger partial charge in [-0.25, -0.2) is 9.50 Å². The fourth-order valence-electron chi connectivity index (χ4n) is 1.99. The van der Waals surface area contributed by atoms with E-state index in [-0.39, 0.29) is 0 Å². The summed E-state index contributed by atoms with van der Waals surface area (Å²) in [5.41, 5.74) is 4.24. The van der Waals surface area contributed by atoms with Gasteiger partial charge in [0.2, 0.25) is 0 Å². The molecular weight excluding hydrogens is 210 g/mol. The molecule has 3 heteroatoms. The Balaban J connectivity index is 2.24. The molecule has 0 fully saturated rings. The van der Waals surface area contributed by atoms with Crippen molar-refractivity contribution in [2.75, 3.05) is 0 Å². The summed E-state index contributed by atoms with van der Waals surface area (Å²) in [6.07, 6.45) is 2.73. The molecule has 0 N–H and O–H groups in total. The van der Waals surface area contributed by atoms with Crippen molar-refractivity contribution in [3.8, 4) is 11.3 Å². The van der Waals surface area contributed by atoms with Gasteiger partial charge in [-0.3, -0.25) is 0 Å². The van der Waals surface area contributed by atoms with E-state index in [1.165, 1.54) is 5.69 Å². The molecule has 0 unspecified atom stereocenters. The van der Waals surface area contributed by atoms with E-state index in [4.69, 9.17) is 0 Å². The molecule has 3 nitrogen and oxygen atoms in total.